The molecule has 0 aliphatic heterocycles. The Morgan fingerprint density at radius 2 is 2.24 bits per heavy atom. The van der Waals surface area contributed by atoms with Gasteiger partial charge in [-0.25, -0.2) is 4.98 Å². The highest BCUT2D eigenvalue weighted by Gasteiger charge is 2.13. The van der Waals surface area contributed by atoms with Crippen molar-refractivity contribution in [3.05, 3.63) is 45.3 Å². The summed E-state index contributed by atoms with van der Waals surface area (Å²) in [5.74, 6) is 6.06. The molecule has 0 aliphatic rings. The van der Waals surface area contributed by atoms with Crippen LogP contribution >= 0.6 is 11.3 Å². The maximum atomic E-state index is 12.3. The van der Waals surface area contributed by atoms with E-state index in [1.54, 1.807) is 6.07 Å². The monoisotopic (exact) mass is 300 g/mol. The average Bonchev–Trinajstić information content (AvgIpc) is 2.86. The summed E-state index contributed by atoms with van der Waals surface area (Å²) in [4.78, 5) is 17.1. The van der Waals surface area contributed by atoms with E-state index in [9.17, 15) is 4.79 Å². The van der Waals surface area contributed by atoms with E-state index < -0.39 is 0 Å². The van der Waals surface area contributed by atoms with Crippen LogP contribution in [0, 0.1) is 25.7 Å². The molecule has 2 aromatic heterocycles. The molecule has 4 nitrogen and oxygen atoms in total. The Balaban J connectivity index is 2.18. The van der Waals surface area contributed by atoms with Crippen LogP contribution in [0.5, 0.6) is 0 Å². The number of nitrogens with one attached hydrogen (secondary N) is 1. The molecule has 2 aromatic rings. The van der Waals surface area contributed by atoms with E-state index in [-0.39, 0.29) is 12.5 Å². The zero-order valence-electron chi connectivity index (χ0n) is 11.9. The number of anilines is 1. The number of aryl methyl sites for hydroxylation is 2. The molecule has 21 heavy (non-hydrogen) atoms. The van der Waals surface area contributed by atoms with Crippen LogP contribution in [0.15, 0.2) is 23.6 Å². The molecule has 0 unspecified atom stereocenters. The lowest BCUT2D eigenvalue weighted by Crippen LogP contribution is -2.13. The highest BCUT2D eigenvalue weighted by Crippen LogP contribution is 2.18. The zero-order chi connectivity index (χ0) is 15.2. The zero-order valence-corrected chi connectivity index (χ0v) is 12.8. The maximum Gasteiger partial charge on any atom is 0.268 e. The van der Waals surface area contributed by atoms with Gasteiger partial charge >= 0.3 is 0 Å². The summed E-state index contributed by atoms with van der Waals surface area (Å²) in [7, 11) is 0. The molecule has 2 rings (SSSR count). The third-order valence-electron chi connectivity index (χ3n) is 2.67. The number of hydrogen-bond acceptors (Lipinski definition) is 4. The van der Waals surface area contributed by atoms with E-state index in [1.165, 1.54) is 11.3 Å². The second kappa shape index (κ2) is 7.02. The predicted octanol–water partition coefficient (Wildman–Crippen LogP) is 2.75. The van der Waals surface area contributed by atoms with Gasteiger partial charge in [-0.2, -0.15) is 0 Å². The van der Waals surface area contributed by atoms with Crippen molar-refractivity contribution in [2.45, 2.75) is 20.3 Å². The number of pyridine rings is 1. The van der Waals surface area contributed by atoms with E-state index >= 15 is 0 Å². The van der Waals surface area contributed by atoms with Gasteiger partial charge in [-0.3, -0.25) is 4.79 Å². The lowest BCUT2D eigenvalue weighted by atomic mass is 10.2. The summed E-state index contributed by atoms with van der Waals surface area (Å²) in [5.41, 5.74) is 2.58. The molecule has 0 radical (unpaired) electrons. The van der Waals surface area contributed by atoms with Crippen molar-refractivity contribution >= 4 is 23.1 Å². The minimum Gasteiger partial charge on any atom is -0.395 e. The molecule has 1 amide bonds. The van der Waals surface area contributed by atoms with E-state index in [1.807, 2.05) is 31.4 Å². The fraction of sp³-hybridized carbons (Fsp3) is 0.250. The van der Waals surface area contributed by atoms with Crippen LogP contribution in [-0.2, 0) is 0 Å². The minimum atomic E-state index is -0.212. The number of aliphatic hydroxyl groups is 1. The Morgan fingerprint density at radius 1 is 1.43 bits per heavy atom. The Labute approximate surface area is 127 Å². The molecule has 2 N–H and O–H groups in total. The van der Waals surface area contributed by atoms with Gasteiger partial charge in [0.25, 0.3) is 5.91 Å². The normalized spacial score (nSPS) is 9.86. The quantitative estimate of drug-likeness (QED) is 0.857. The van der Waals surface area contributed by atoms with Crippen molar-refractivity contribution in [2.24, 2.45) is 0 Å². The van der Waals surface area contributed by atoms with Crippen LogP contribution < -0.4 is 5.32 Å². The molecule has 108 valence electrons. The first-order valence-corrected chi connectivity index (χ1v) is 7.42. The van der Waals surface area contributed by atoms with Crippen LogP contribution in [0.3, 0.4) is 0 Å². The van der Waals surface area contributed by atoms with Crippen LogP contribution in [-0.4, -0.2) is 22.6 Å². The van der Waals surface area contributed by atoms with Gasteiger partial charge in [-0.05, 0) is 43.0 Å². The lowest BCUT2D eigenvalue weighted by molar-refractivity contribution is 0.103. The first kappa shape index (κ1) is 15.2. The van der Waals surface area contributed by atoms with Gasteiger partial charge in [-0.15, -0.1) is 11.3 Å². The number of carbonyl (C=O) groups is 1. The molecule has 0 bridgehead atoms. The molecule has 0 aromatic carbocycles. The van der Waals surface area contributed by atoms with Crippen molar-refractivity contribution in [3.8, 4) is 11.8 Å². The van der Waals surface area contributed by atoms with Gasteiger partial charge in [0.05, 0.1) is 6.61 Å². The van der Waals surface area contributed by atoms with Crippen LogP contribution in [0.25, 0.3) is 0 Å². The average molecular weight is 300 g/mol. The topological polar surface area (TPSA) is 62.2 Å². The van der Waals surface area contributed by atoms with E-state index in [4.69, 9.17) is 5.11 Å². The van der Waals surface area contributed by atoms with Gasteiger partial charge in [-0.1, -0.05) is 11.8 Å². The molecule has 0 saturated heterocycles. The van der Waals surface area contributed by atoms with E-state index in [0.717, 1.165) is 11.3 Å². The predicted molar refractivity (Wildman–Crippen MR) is 84.6 cm³/mol. The van der Waals surface area contributed by atoms with Gasteiger partial charge in [0.1, 0.15) is 10.7 Å². The molecule has 5 heteroatoms. The van der Waals surface area contributed by atoms with Crippen LogP contribution in [0.4, 0.5) is 5.82 Å². The third-order valence-corrected chi connectivity index (χ3v) is 3.58. The third kappa shape index (κ3) is 4.15. The highest BCUT2D eigenvalue weighted by molar-refractivity contribution is 7.12. The van der Waals surface area contributed by atoms with E-state index in [0.29, 0.717) is 22.7 Å². The van der Waals surface area contributed by atoms with Crippen molar-refractivity contribution in [1.82, 2.24) is 4.98 Å². The van der Waals surface area contributed by atoms with Gasteiger partial charge in [0.2, 0.25) is 0 Å². The summed E-state index contributed by atoms with van der Waals surface area (Å²) < 4.78 is 0. The fourth-order valence-corrected chi connectivity index (χ4v) is 2.62. The Morgan fingerprint density at radius 3 is 2.95 bits per heavy atom. The Bertz CT molecular complexity index is 690. The SMILES string of the molecule is Cc1cc(C)nc(NC(=O)c2sccc2C#CCCO)c1. The van der Waals surface area contributed by atoms with Crippen molar-refractivity contribution in [1.29, 1.82) is 0 Å². The molecule has 2 heterocycles. The summed E-state index contributed by atoms with van der Waals surface area (Å²) in [6.45, 7) is 3.87. The Kier molecular flexibility index (Phi) is 5.09. The largest absolute Gasteiger partial charge is 0.395 e. The number of thiophene rings is 1. The second-order valence-electron chi connectivity index (χ2n) is 4.56. The second-order valence-corrected chi connectivity index (χ2v) is 5.48. The van der Waals surface area contributed by atoms with Gasteiger partial charge in [0, 0.05) is 17.7 Å². The number of aromatic nitrogens is 1. The first-order valence-electron chi connectivity index (χ1n) is 6.54. The lowest BCUT2D eigenvalue weighted by Gasteiger charge is -2.05. The highest BCUT2D eigenvalue weighted by atomic mass is 32.1. The number of amides is 1. The minimum absolute atomic E-state index is 0.0190. The molecule has 0 aliphatic carbocycles. The summed E-state index contributed by atoms with van der Waals surface area (Å²) >= 11 is 1.34. The number of carbonyl (C=O) groups excluding carboxylic acids is 1. The van der Waals surface area contributed by atoms with Crippen molar-refractivity contribution in [3.63, 3.8) is 0 Å². The molecular formula is C16H16N2O2S. The molecular weight excluding hydrogens is 284 g/mol. The smallest absolute Gasteiger partial charge is 0.268 e. The van der Waals surface area contributed by atoms with Crippen molar-refractivity contribution < 1.29 is 9.90 Å². The van der Waals surface area contributed by atoms with Crippen LogP contribution in [0.2, 0.25) is 0 Å². The Hall–Kier alpha value is -2.16. The molecule has 0 spiro atoms. The summed E-state index contributed by atoms with van der Waals surface area (Å²) in [6.07, 6.45) is 0.398. The van der Waals surface area contributed by atoms with Gasteiger partial charge in [0.15, 0.2) is 0 Å². The summed E-state index contributed by atoms with van der Waals surface area (Å²) in [5, 5.41) is 13.4. The van der Waals surface area contributed by atoms with E-state index in [2.05, 4.69) is 22.1 Å². The maximum absolute atomic E-state index is 12.3. The fourth-order valence-electron chi connectivity index (χ4n) is 1.88. The number of hydrogen-bond donors (Lipinski definition) is 2. The number of rotatable bonds is 3. The van der Waals surface area contributed by atoms with Gasteiger partial charge < -0.3 is 10.4 Å². The molecule has 0 atom stereocenters. The first-order chi connectivity index (χ1) is 10.1. The summed E-state index contributed by atoms with van der Waals surface area (Å²) in [6, 6.07) is 5.58. The van der Waals surface area contributed by atoms with Crippen LogP contribution in [0.1, 0.15) is 32.9 Å². The number of aliphatic hydroxyl groups excluding tert-OH is 1. The molecule has 0 saturated carbocycles. The standard InChI is InChI=1S/C16H16N2O2S/c1-11-9-12(2)17-14(10-11)18-16(20)15-13(6-8-21-15)5-3-4-7-19/h6,8-10,19H,4,7H2,1-2H3,(H,17,18,20). The molecule has 0 fully saturated rings. The van der Waals surface area contributed by atoms with Crippen molar-refractivity contribution in [2.75, 3.05) is 11.9 Å². The number of nitrogens with zero attached hydrogens (tertiary/aromatic N) is 1.